The summed E-state index contributed by atoms with van der Waals surface area (Å²) in [4.78, 5) is 16.5. The minimum atomic E-state index is -0.194. The molecule has 0 aliphatic carbocycles. The van der Waals surface area contributed by atoms with Gasteiger partial charge < -0.3 is 4.74 Å². The summed E-state index contributed by atoms with van der Waals surface area (Å²) < 4.78 is 6.90. The van der Waals surface area contributed by atoms with Gasteiger partial charge in [-0.3, -0.25) is 9.36 Å². The number of rotatable bonds is 4. The molecule has 0 N–H and O–H groups in total. The maximum absolute atomic E-state index is 12.2. The van der Waals surface area contributed by atoms with Gasteiger partial charge in [0.15, 0.2) is 0 Å². The zero-order chi connectivity index (χ0) is 15.6. The topological polar surface area (TPSA) is 44.1 Å². The zero-order valence-corrected chi connectivity index (χ0v) is 13.6. The fourth-order valence-corrected chi connectivity index (χ4v) is 2.51. The SMILES string of the molecule is COc1ccc(Cl)cc1Cn1c(C(C)C)nc(Cl)cc1=O. The van der Waals surface area contributed by atoms with Gasteiger partial charge in [-0.15, -0.1) is 0 Å². The number of aromatic nitrogens is 2. The second-order valence-corrected chi connectivity index (χ2v) is 5.80. The van der Waals surface area contributed by atoms with E-state index in [1.165, 1.54) is 6.07 Å². The molecule has 0 amide bonds. The van der Waals surface area contributed by atoms with E-state index in [0.29, 0.717) is 23.1 Å². The highest BCUT2D eigenvalue weighted by molar-refractivity contribution is 6.30. The first-order valence-electron chi connectivity index (χ1n) is 6.52. The molecule has 2 aromatic rings. The summed E-state index contributed by atoms with van der Waals surface area (Å²) in [6.07, 6.45) is 0. The standard InChI is InChI=1S/C15H16Cl2N2O2/c1-9(2)15-18-13(17)7-14(20)19(15)8-10-6-11(16)4-5-12(10)21-3/h4-7,9H,8H2,1-3H3. The lowest BCUT2D eigenvalue weighted by molar-refractivity contribution is 0.407. The Labute approximate surface area is 133 Å². The normalized spacial score (nSPS) is 11.0. The number of methoxy groups -OCH3 is 1. The second kappa shape index (κ2) is 6.50. The number of ether oxygens (including phenoxy) is 1. The summed E-state index contributed by atoms with van der Waals surface area (Å²) >= 11 is 11.9. The molecule has 21 heavy (non-hydrogen) atoms. The van der Waals surface area contributed by atoms with Crippen LogP contribution in [0.5, 0.6) is 5.75 Å². The second-order valence-electron chi connectivity index (χ2n) is 4.97. The molecule has 0 radical (unpaired) electrons. The molecule has 1 heterocycles. The van der Waals surface area contributed by atoms with E-state index in [9.17, 15) is 4.79 Å². The summed E-state index contributed by atoms with van der Waals surface area (Å²) in [7, 11) is 1.58. The summed E-state index contributed by atoms with van der Waals surface area (Å²) in [6.45, 7) is 4.26. The predicted molar refractivity (Wildman–Crippen MR) is 84.7 cm³/mol. The molecule has 0 spiro atoms. The monoisotopic (exact) mass is 326 g/mol. The lowest BCUT2D eigenvalue weighted by atomic mass is 10.1. The molecule has 0 aliphatic rings. The van der Waals surface area contributed by atoms with Gasteiger partial charge in [0.25, 0.3) is 5.56 Å². The van der Waals surface area contributed by atoms with Gasteiger partial charge in [0.05, 0.1) is 13.7 Å². The van der Waals surface area contributed by atoms with Gasteiger partial charge in [-0.1, -0.05) is 37.0 Å². The van der Waals surface area contributed by atoms with E-state index in [2.05, 4.69) is 4.98 Å². The molecule has 1 aromatic carbocycles. The van der Waals surface area contributed by atoms with Crippen LogP contribution in [0.15, 0.2) is 29.1 Å². The van der Waals surface area contributed by atoms with Crippen LogP contribution in [0, 0.1) is 0 Å². The van der Waals surface area contributed by atoms with E-state index >= 15 is 0 Å². The van der Waals surface area contributed by atoms with Crippen molar-refractivity contribution in [1.82, 2.24) is 9.55 Å². The summed E-state index contributed by atoms with van der Waals surface area (Å²) in [5.41, 5.74) is 0.624. The van der Waals surface area contributed by atoms with Crippen molar-refractivity contribution in [2.45, 2.75) is 26.3 Å². The molecule has 0 aliphatic heterocycles. The van der Waals surface area contributed by atoms with E-state index in [0.717, 1.165) is 5.56 Å². The van der Waals surface area contributed by atoms with Gasteiger partial charge in [0, 0.05) is 22.6 Å². The Kier molecular flexibility index (Phi) is 4.91. The van der Waals surface area contributed by atoms with Crippen LogP contribution in [-0.4, -0.2) is 16.7 Å². The summed E-state index contributed by atoms with van der Waals surface area (Å²) in [6, 6.07) is 6.62. The number of halogens is 2. The Morgan fingerprint density at radius 3 is 2.62 bits per heavy atom. The van der Waals surface area contributed by atoms with Crippen molar-refractivity contribution in [3.05, 3.63) is 56.2 Å². The molecule has 4 nitrogen and oxygen atoms in total. The third kappa shape index (κ3) is 3.57. The number of hydrogen-bond acceptors (Lipinski definition) is 3. The Morgan fingerprint density at radius 1 is 1.29 bits per heavy atom. The minimum absolute atomic E-state index is 0.0709. The summed E-state index contributed by atoms with van der Waals surface area (Å²) in [5, 5.41) is 0.796. The highest BCUT2D eigenvalue weighted by Crippen LogP contribution is 2.24. The first kappa shape index (κ1) is 15.9. The van der Waals surface area contributed by atoms with Crippen LogP contribution in [0.25, 0.3) is 0 Å². The van der Waals surface area contributed by atoms with E-state index in [1.54, 1.807) is 29.9 Å². The smallest absolute Gasteiger partial charge is 0.255 e. The van der Waals surface area contributed by atoms with Crippen LogP contribution in [0.2, 0.25) is 10.2 Å². The fourth-order valence-electron chi connectivity index (χ4n) is 2.14. The Balaban J connectivity index is 2.54. The van der Waals surface area contributed by atoms with Crippen LogP contribution in [-0.2, 0) is 6.54 Å². The molecule has 0 bridgehead atoms. The average Bonchev–Trinajstić information content (AvgIpc) is 2.41. The number of benzene rings is 1. The van der Waals surface area contributed by atoms with Gasteiger partial charge in [0.1, 0.15) is 16.7 Å². The van der Waals surface area contributed by atoms with Crippen molar-refractivity contribution < 1.29 is 4.74 Å². The van der Waals surface area contributed by atoms with Crippen molar-refractivity contribution in [2.75, 3.05) is 7.11 Å². The van der Waals surface area contributed by atoms with Crippen LogP contribution in [0.1, 0.15) is 31.2 Å². The lowest BCUT2D eigenvalue weighted by Crippen LogP contribution is -2.26. The molecular formula is C15H16Cl2N2O2. The van der Waals surface area contributed by atoms with E-state index in [4.69, 9.17) is 27.9 Å². The molecule has 112 valence electrons. The molecule has 0 saturated heterocycles. The van der Waals surface area contributed by atoms with Crippen molar-refractivity contribution in [3.8, 4) is 5.75 Å². The molecular weight excluding hydrogens is 311 g/mol. The van der Waals surface area contributed by atoms with Gasteiger partial charge in [-0.25, -0.2) is 4.98 Å². The highest BCUT2D eigenvalue weighted by Gasteiger charge is 2.14. The van der Waals surface area contributed by atoms with Gasteiger partial charge >= 0.3 is 0 Å². The predicted octanol–water partition coefficient (Wildman–Crippen LogP) is 3.73. The minimum Gasteiger partial charge on any atom is -0.496 e. The molecule has 0 saturated carbocycles. The lowest BCUT2D eigenvalue weighted by Gasteiger charge is -2.16. The molecule has 0 atom stereocenters. The quantitative estimate of drug-likeness (QED) is 0.804. The average molecular weight is 327 g/mol. The molecule has 2 rings (SSSR count). The van der Waals surface area contributed by atoms with Crippen LogP contribution < -0.4 is 10.3 Å². The van der Waals surface area contributed by atoms with Crippen LogP contribution in [0.3, 0.4) is 0 Å². The highest BCUT2D eigenvalue weighted by atomic mass is 35.5. The molecule has 6 heteroatoms. The Bertz CT molecular complexity index is 711. The number of hydrogen-bond donors (Lipinski definition) is 0. The molecule has 0 fully saturated rings. The Morgan fingerprint density at radius 2 is 2.00 bits per heavy atom. The number of nitrogens with zero attached hydrogens (tertiary/aromatic N) is 2. The van der Waals surface area contributed by atoms with Gasteiger partial charge in [-0.2, -0.15) is 0 Å². The Hall–Kier alpha value is -1.52. The zero-order valence-electron chi connectivity index (χ0n) is 12.1. The fraction of sp³-hybridized carbons (Fsp3) is 0.333. The van der Waals surface area contributed by atoms with E-state index < -0.39 is 0 Å². The first-order chi connectivity index (χ1) is 9.92. The third-order valence-electron chi connectivity index (χ3n) is 3.09. The van der Waals surface area contributed by atoms with Crippen molar-refractivity contribution in [3.63, 3.8) is 0 Å². The van der Waals surface area contributed by atoms with E-state index in [1.807, 2.05) is 13.8 Å². The maximum Gasteiger partial charge on any atom is 0.255 e. The van der Waals surface area contributed by atoms with Crippen LogP contribution in [0.4, 0.5) is 0 Å². The molecule has 0 unspecified atom stereocenters. The largest absolute Gasteiger partial charge is 0.496 e. The van der Waals surface area contributed by atoms with E-state index in [-0.39, 0.29) is 16.6 Å². The maximum atomic E-state index is 12.2. The first-order valence-corrected chi connectivity index (χ1v) is 7.27. The van der Waals surface area contributed by atoms with Crippen molar-refractivity contribution >= 4 is 23.2 Å². The van der Waals surface area contributed by atoms with Crippen molar-refractivity contribution in [2.24, 2.45) is 0 Å². The van der Waals surface area contributed by atoms with Gasteiger partial charge in [-0.05, 0) is 18.2 Å². The third-order valence-corrected chi connectivity index (χ3v) is 3.52. The van der Waals surface area contributed by atoms with Crippen LogP contribution >= 0.6 is 23.2 Å². The van der Waals surface area contributed by atoms with Crippen molar-refractivity contribution in [1.29, 1.82) is 0 Å². The summed E-state index contributed by atoms with van der Waals surface area (Å²) in [5.74, 6) is 1.38. The molecule has 1 aromatic heterocycles. The van der Waals surface area contributed by atoms with Gasteiger partial charge in [0.2, 0.25) is 0 Å².